The van der Waals surface area contributed by atoms with E-state index in [1.807, 2.05) is 12.1 Å². The molecule has 0 saturated heterocycles. The molecule has 3 heterocycles. The van der Waals surface area contributed by atoms with Crippen LogP contribution in [0.2, 0.25) is 0 Å². The number of pyridine rings is 1. The van der Waals surface area contributed by atoms with E-state index in [1.165, 1.54) is 11.4 Å². The van der Waals surface area contributed by atoms with Crippen LogP contribution in [-0.2, 0) is 5.41 Å². The fraction of sp³-hybridized carbons (Fsp3) is 0.0889. The van der Waals surface area contributed by atoms with Crippen molar-refractivity contribution in [3.63, 3.8) is 0 Å². The molecule has 0 radical (unpaired) electrons. The van der Waals surface area contributed by atoms with Gasteiger partial charge in [0.25, 0.3) is 0 Å². The van der Waals surface area contributed by atoms with Gasteiger partial charge >= 0.3 is 0 Å². The second kappa shape index (κ2) is 11.5. The molecular formula is C45H36N4. The Bertz CT molecular complexity index is 2540. The van der Waals surface area contributed by atoms with Crippen LogP contribution >= 0.6 is 0 Å². The van der Waals surface area contributed by atoms with Gasteiger partial charge < -0.3 is 9.80 Å². The standard InChI is InChI=1S/C45H36N4/c1-32-26-27-46-44(28-32)49-40-21-10-9-20-38(40)39-25-24-36(30-43(39)49)45(33-14-5-3-6-15-33,34-16-7-4-8-17-34)35-18-13-19-37(29-35)48-31-47(2)41-22-11-12-23-42(41)48/h3-30H,31H2,1-2H3/i1D3. The van der Waals surface area contributed by atoms with Gasteiger partial charge in [-0.2, -0.15) is 0 Å². The Morgan fingerprint density at radius 1 is 0.571 bits per heavy atom. The minimum atomic E-state index is -2.26. The molecule has 0 bridgehead atoms. The van der Waals surface area contributed by atoms with Crippen molar-refractivity contribution in [2.75, 3.05) is 23.5 Å². The average molecular weight is 636 g/mol. The molecule has 236 valence electrons. The zero-order valence-electron chi connectivity index (χ0n) is 30.2. The number of fused-ring (bicyclic) bond motifs is 4. The highest BCUT2D eigenvalue weighted by atomic mass is 15.4. The van der Waals surface area contributed by atoms with Crippen LogP contribution in [0.4, 0.5) is 17.1 Å². The van der Waals surface area contributed by atoms with Crippen LogP contribution in [0.15, 0.2) is 170 Å². The molecule has 0 unspecified atom stereocenters. The number of para-hydroxylation sites is 3. The molecule has 0 amide bonds. The maximum Gasteiger partial charge on any atom is 0.137 e. The summed E-state index contributed by atoms with van der Waals surface area (Å²) in [7, 11) is 2.14. The van der Waals surface area contributed by atoms with E-state index in [0.717, 1.165) is 56.4 Å². The molecule has 1 aliphatic heterocycles. The maximum atomic E-state index is 8.14. The third-order valence-electron chi connectivity index (χ3n) is 10.0. The van der Waals surface area contributed by atoms with Crippen LogP contribution in [0.1, 0.15) is 31.9 Å². The summed E-state index contributed by atoms with van der Waals surface area (Å²) in [5, 5.41) is 2.15. The minimum absolute atomic E-state index is 0.258. The van der Waals surface area contributed by atoms with E-state index in [9.17, 15) is 0 Å². The van der Waals surface area contributed by atoms with Crippen molar-refractivity contribution in [3.05, 3.63) is 198 Å². The second-order valence-corrected chi connectivity index (χ2v) is 12.8. The molecule has 0 atom stereocenters. The molecule has 1 aliphatic rings. The van der Waals surface area contributed by atoms with Gasteiger partial charge in [0.1, 0.15) is 5.82 Å². The van der Waals surface area contributed by atoms with Crippen LogP contribution < -0.4 is 9.80 Å². The first kappa shape index (κ1) is 25.9. The number of aromatic nitrogens is 2. The molecule has 8 aromatic rings. The van der Waals surface area contributed by atoms with Gasteiger partial charge in [0, 0.05) is 33.8 Å². The summed E-state index contributed by atoms with van der Waals surface area (Å²) in [6.45, 7) is -1.51. The Labute approximate surface area is 291 Å². The van der Waals surface area contributed by atoms with E-state index in [0.29, 0.717) is 5.82 Å². The van der Waals surface area contributed by atoms with Gasteiger partial charge in [-0.25, -0.2) is 4.98 Å². The van der Waals surface area contributed by atoms with Gasteiger partial charge in [0.2, 0.25) is 0 Å². The SMILES string of the molecule is [2H]C([2H])([2H])c1ccnc(-n2c3ccccc3c3ccc(C(c4ccccc4)(c4ccccc4)c4cccc(N5CN(C)c6ccccc65)c4)cc32)c1. The molecule has 0 saturated carbocycles. The van der Waals surface area contributed by atoms with E-state index in [1.54, 1.807) is 18.3 Å². The first-order chi connectivity index (χ1) is 25.3. The van der Waals surface area contributed by atoms with E-state index in [-0.39, 0.29) is 5.56 Å². The van der Waals surface area contributed by atoms with Gasteiger partial charge in [0.05, 0.1) is 34.5 Å². The lowest BCUT2D eigenvalue weighted by molar-refractivity contribution is 0.745. The fourth-order valence-electron chi connectivity index (χ4n) is 7.88. The summed E-state index contributed by atoms with van der Waals surface area (Å²) >= 11 is 0. The number of hydrogen-bond acceptors (Lipinski definition) is 3. The Morgan fingerprint density at radius 2 is 1.22 bits per heavy atom. The lowest BCUT2D eigenvalue weighted by Gasteiger charge is -2.37. The van der Waals surface area contributed by atoms with Crippen molar-refractivity contribution in [2.45, 2.75) is 12.3 Å². The summed E-state index contributed by atoms with van der Waals surface area (Å²) in [5.41, 5.74) is 9.48. The highest BCUT2D eigenvalue weighted by Crippen LogP contribution is 2.48. The number of nitrogens with zero attached hydrogens (tertiary/aromatic N) is 4. The lowest BCUT2D eigenvalue weighted by Crippen LogP contribution is -2.31. The topological polar surface area (TPSA) is 24.3 Å². The van der Waals surface area contributed by atoms with Crippen LogP contribution in [-0.4, -0.2) is 23.3 Å². The number of anilines is 3. The smallest absolute Gasteiger partial charge is 0.137 e. The highest BCUT2D eigenvalue weighted by molar-refractivity contribution is 6.09. The predicted molar refractivity (Wildman–Crippen MR) is 203 cm³/mol. The minimum Gasteiger partial charge on any atom is -0.355 e. The first-order valence-electron chi connectivity index (χ1n) is 18.1. The average Bonchev–Trinajstić information content (AvgIpc) is 3.70. The van der Waals surface area contributed by atoms with Crippen LogP contribution in [0, 0.1) is 6.85 Å². The van der Waals surface area contributed by atoms with Crippen LogP contribution in [0.3, 0.4) is 0 Å². The van der Waals surface area contributed by atoms with E-state index in [4.69, 9.17) is 9.10 Å². The molecular weight excluding hydrogens is 597 g/mol. The molecule has 0 spiro atoms. The Morgan fingerprint density at radius 3 is 2.00 bits per heavy atom. The van der Waals surface area contributed by atoms with Gasteiger partial charge in [-0.3, -0.25) is 4.57 Å². The Hall–Kier alpha value is -6.13. The molecule has 4 nitrogen and oxygen atoms in total. The molecule has 6 aromatic carbocycles. The van der Waals surface area contributed by atoms with Crippen molar-refractivity contribution in [1.82, 2.24) is 9.55 Å². The summed E-state index contributed by atoms with van der Waals surface area (Å²) in [6.07, 6.45) is 1.60. The molecule has 9 rings (SSSR count). The third kappa shape index (κ3) is 4.56. The molecule has 4 heteroatoms. The van der Waals surface area contributed by atoms with E-state index in [2.05, 4.69) is 161 Å². The highest BCUT2D eigenvalue weighted by Gasteiger charge is 2.39. The zero-order valence-corrected chi connectivity index (χ0v) is 27.2. The van der Waals surface area contributed by atoms with Crippen molar-refractivity contribution >= 4 is 38.9 Å². The van der Waals surface area contributed by atoms with Gasteiger partial charge in [-0.15, -0.1) is 0 Å². The molecule has 0 N–H and O–H groups in total. The largest absolute Gasteiger partial charge is 0.355 e. The Kier molecular flexibility index (Phi) is 6.10. The van der Waals surface area contributed by atoms with Crippen molar-refractivity contribution in [3.8, 4) is 5.82 Å². The van der Waals surface area contributed by atoms with Gasteiger partial charge in [-0.05, 0) is 83.2 Å². The quantitative estimate of drug-likeness (QED) is 0.170. The zero-order chi connectivity index (χ0) is 35.5. The second-order valence-electron chi connectivity index (χ2n) is 12.8. The summed E-state index contributed by atoms with van der Waals surface area (Å²) in [4.78, 5) is 9.41. The normalized spacial score (nSPS) is 14.1. The van der Waals surface area contributed by atoms with Gasteiger partial charge in [-0.1, -0.05) is 115 Å². The predicted octanol–water partition coefficient (Wildman–Crippen LogP) is 10.4. The van der Waals surface area contributed by atoms with Crippen molar-refractivity contribution in [1.29, 1.82) is 0 Å². The molecule has 0 aliphatic carbocycles. The number of benzene rings is 6. The summed E-state index contributed by atoms with van der Waals surface area (Å²) in [6, 6.07) is 57.3. The number of aryl methyl sites for hydroxylation is 1. The third-order valence-corrected chi connectivity index (χ3v) is 10.0. The van der Waals surface area contributed by atoms with Crippen LogP contribution in [0.5, 0.6) is 0 Å². The molecule has 49 heavy (non-hydrogen) atoms. The van der Waals surface area contributed by atoms with Crippen molar-refractivity contribution in [2.24, 2.45) is 0 Å². The molecule has 0 fully saturated rings. The van der Waals surface area contributed by atoms with Crippen molar-refractivity contribution < 1.29 is 4.11 Å². The van der Waals surface area contributed by atoms with Gasteiger partial charge in [0.15, 0.2) is 0 Å². The van der Waals surface area contributed by atoms with E-state index >= 15 is 0 Å². The lowest BCUT2D eigenvalue weighted by atomic mass is 9.65. The maximum absolute atomic E-state index is 8.14. The number of hydrogen-bond donors (Lipinski definition) is 0. The first-order valence-corrected chi connectivity index (χ1v) is 16.6. The van der Waals surface area contributed by atoms with Crippen LogP contribution in [0.25, 0.3) is 27.6 Å². The fourth-order valence-corrected chi connectivity index (χ4v) is 7.88. The Balaban J connectivity index is 1.35. The molecule has 2 aromatic heterocycles. The summed E-state index contributed by atoms with van der Waals surface area (Å²) in [5.74, 6) is 0.570. The van der Waals surface area contributed by atoms with E-state index < -0.39 is 12.3 Å². The summed E-state index contributed by atoms with van der Waals surface area (Å²) < 4.78 is 26.5. The monoisotopic (exact) mass is 635 g/mol. The number of rotatable bonds is 6.